The lowest BCUT2D eigenvalue weighted by Gasteiger charge is -2.44. The Kier molecular flexibility index (Phi) is 3.81. The highest BCUT2D eigenvalue weighted by Gasteiger charge is 2.44. The number of nitrogens with two attached hydrogens (primary N) is 1. The summed E-state index contributed by atoms with van der Waals surface area (Å²) in [4.78, 5) is 0. The van der Waals surface area contributed by atoms with Crippen molar-refractivity contribution in [3.05, 3.63) is 35.9 Å². The molecule has 0 bridgehead atoms. The summed E-state index contributed by atoms with van der Waals surface area (Å²) in [5.41, 5.74) is 6.58. The van der Waals surface area contributed by atoms with Gasteiger partial charge in [-0.1, -0.05) is 30.3 Å². The van der Waals surface area contributed by atoms with E-state index in [1.54, 1.807) is 0 Å². The molecule has 2 saturated heterocycles. The Morgan fingerprint density at radius 3 is 2.68 bits per heavy atom. The number of aliphatic hydroxyl groups is 1. The molecule has 2 heterocycles. The standard InChI is InChI=1S/C14H19NO4/c15-6-10-7-17-11-8-18-14(19-13(11)12(10)16)9-4-2-1-3-5-9/h1-5,10-14,16H,6-8,15H2/t10?,11?,12?,13-,14?/m0/s1. The Morgan fingerprint density at radius 1 is 1.16 bits per heavy atom. The van der Waals surface area contributed by atoms with Gasteiger partial charge in [-0.15, -0.1) is 0 Å². The van der Waals surface area contributed by atoms with Crippen LogP contribution in [0.5, 0.6) is 0 Å². The van der Waals surface area contributed by atoms with Crippen molar-refractivity contribution in [2.75, 3.05) is 19.8 Å². The predicted octanol–water partition coefficient (Wildman–Crippen LogP) is 0.435. The molecule has 0 spiro atoms. The van der Waals surface area contributed by atoms with Gasteiger partial charge in [0.05, 0.1) is 19.3 Å². The zero-order valence-electron chi connectivity index (χ0n) is 10.6. The van der Waals surface area contributed by atoms with Crippen LogP contribution in [0, 0.1) is 5.92 Å². The van der Waals surface area contributed by atoms with Crippen molar-refractivity contribution in [1.29, 1.82) is 0 Å². The Labute approximate surface area is 112 Å². The lowest BCUT2D eigenvalue weighted by molar-refractivity contribution is -0.307. The van der Waals surface area contributed by atoms with Crippen LogP contribution in [0.25, 0.3) is 0 Å². The van der Waals surface area contributed by atoms with E-state index in [9.17, 15) is 5.11 Å². The van der Waals surface area contributed by atoms with Crippen molar-refractivity contribution >= 4 is 0 Å². The summed E-state index contributed by atoms with van der Waals surface area (Å²) in [7, 11) is 0. The maximum Gasteiger partial charge on any atom is 0.184 e. The first-order valence-electron chi connectivity index (χ1n) is 6.61. The zero-order chi connectivity index (χ0) is 13.2. The molecule has 5 heteroatoms. The molecule has 19 heavy (non-hydrogen) atoms. The summed E-state index contributed by atoms with van der Waals surface area (Å²) in [5.74, 6) is -0.0734. The van der Waals surface area contributed by atoms with Gasteiger partial charge in [0.1, 0.15) is 12.2 Å². The van der Waals surface area contributed by atoms with Gasteiger partial charge < -0.3 is 25.1 Å². The summed E-state index contributed by atoms with van der Waals surface area (Å²) in [5, 5.41) is 10.3. The molecule has 0 saturated carbocycles. The van der Waals surface area contributed by atoms with Crippen molar-refractivity contribution in [1.82, 2.24) is 0 Å². The molecule has 2 fully saturated rings. The molecule has 104 valence electrons. The second-order valence-electron chi connectivity index (χ2n) is 5.03. The van der Waals surface area contributed by atoms with Crippen molar-refractivity contribution in [3.63, 3.8) is 0 Å². The van der Waals surface area contributed by atoms with Crippen LogP contribution in [0.4, 0.5) is 0 Å². The lowest BCUT2D eigenvalue weighted by atomic mass is 9.92. The third-order valence-electron chi connectivity index (χ3n) is 3.78. The quantitative estimate of drug-likeness (QED) is 0.811. The highest BCUT2D eigenvalue weighted by atomic mass is 16.7. The van der Waals surface area contributed by atoms with Crippen LogP contribution in [0.15, 0.2) is 30.3 Å². The Balaban J connectivity index is 1.73. The van der Waals surface area contributed by atoms with E-state index in [1.807, 2.05) is 30.3 Å². The fraction of sp³-hybridized carbons (Fsp3) is 0.571. The molecular formula is C14H19NO4. The number of hydrogen-bond acceptors (Lipinski definition) is 5. The van der Waals surface area contributed by atoms with E-state index in [0.29, 0.717) is 19.8 Å². The highest BCUT2D eigenvalue weighted by molar-refractivity contribution is 5.16. The highest BCUT2D eigenvalue weighted by Crippen LogP contribution is 2.33. The van der Waals surface area contributed by atoms with Gasteiger partial charge in [-0.05, 0) is 6.54 Å². The summed E-state index contributed by atoms with van der Waals surface area (Å²) < 4.78 is 17.2. The Hall–Kier alpha value is -0.980. The molecule has 5 atom stereocenters. The first-order chi connectivity index (χ1) is 9.29. The smallest absolute Gasteiger partial charge is 0.184 e. The van der Waals surface area contributed by atoms with Crippen LogP contribution < -0.4 is 5.73 Å². The topological polar surface area (TPSA) is 73.9 Å². The van der Waals surface area contributed by atoms with Crippen molar-refractivity contribution in [2.45, 2.75) is 24.6 Å². The van der Waals surface area contributed by atoms with E-state index in [1.165, 1.54) is 0 Å². The fourth-order valence-electron chi connectivity index (χ4n) is 2.60. The molecule has 1 aromatic carbocycles. The maximum absolute atomic E-state index is 10.3. The van der Waals surface area contributed by atoms with Crippen LogP contribution >= 0.6 is 0 Å². The first kappa shape index (κ1) is 13.0. The van der Waals surface area contributed by atoms with Gasteiger partial charge in [-0.2, -0.15) is 0 Å². The van der Waals surface area contributed by atoms with Gasteiger partial charge in [-0.3, -0.25) is 0 Å². The number of benzene rings is 1. The summed E-state index contributed by atoms with van der Waals surface area (Å²) in [6.45, 7) is 1.28. The minimum absolute atomic E-state index is 0.0734. The monoisotopic (exact) mass is 265 g/mol. The maximum atomic E-state index is 10.3. The van der Waals surface area contributed by atoms with Gasteiger partial charge in [0.25, 0.3) is 0 Å². The zero-order valence-corrected chi connectivity index (χ0v) is 10.6. The van der Waals surface area contributed by atoms with Gasteiger partial charge in [-0.25, -0.2) is 0 Å². The minimum Gasteiger partial charge on any atom is -0.390 e. The number of hydrogen-bond donors (Lipinski definition) is 2. The normalized spacial score (nSPS) is 38.7. The Morgan fingerprint density at radius 2 is 1.95 bits per heavy atom. The minimum atomic E-state index is -0.598. The van der Waals surface area contributed by atoms with Crippen LogP contribution in [0.1, 0.15) is 11.9 Å². The number of rotatable bonds is 2. The second kappa shape index (κ2) is 5.56. The third kappa shape index (κ3) is 2.52. The first-order valence-corrected chi connectivity index (χ1v) is 6.61. The molecule has 0 aromatic heterocycles. The molecular weight excluding hydrogens is 246 g/mol. The van der Waals surface area contributed by atoms with E-state index in [-0.39, 0.29) is 18.1 Å². The van der Waals surface area contributed by atoms with Crippen molar-refractivity contribution in [3.8, 4) is 0 Å². The molecule has 5 nitrogen and oxygen atoms in total. The summed E-state index contributed by atoms with van der Waals surface area (Å²) in [6, 6.07) is 9.70. The number of ether oxygens (including phenoxy) is 3. The van der Waals surface area contributed by atoms with Crippen LogP contribution in [-0.4, -0.2) is 43.2 Å². The molecule has 1 aromatic rings. The fourth-order valence-corrected chi connectivity index (χ4v) is 2.60. The van der Waals surface area contributed by atoms with E-state index < -0.39 is 12.4 Å². The number of aliphatic hydroxyl groups excluding tert-OH is 1. The van der Waals surface area contributed by atoms with Crippen molar-refractivity contribution in [2.24, 2.45) is 11.7 Å². The van der Waals surface area contributed by atoms with E-state index in [4.69, 9.17) is 19.9 Å². The average molecular weight is 265 g/mol. The summed E-state index contributed by atoms with van der Waals surface area (Å²) >= 11 is 0. The van der Waals surface area contributed by atoms with Crippen LogP contribution in [0.3, 0.4) is 0 Å². The lowest BCUT2D eigenvalue weighted by Crippen LogP contribution is -2.57. The van der Waals surface area contributed by atoms with Crippen LogP contribution in [-0.2, 0) is 14.2 Å². The van der Waals surface area contributed by atoms with Gasteiger partial charge in [0.15, 0.2) is 6.29 Å². The van der Waals surface area contributed by atoms with E-state index in [0.717, 1.165) is 5.56 Å². The third-order valence-corrected chi connectivity index (χ3v) is 3.78. The van der Waals surface area contributed by atoms with Gasteiger partial charge in [0.2, 0.25) is 0 Å². The van der Waals surface area contributed by atoms with E-state index in [2.05, 4.69) is 0 Å². The Bertz CT molecular complexity index is 413. The van der Waals surface area contributed by atoms with Gasteiger partial charge >= 0.3 is 0 Å². The molecule has 0 aliphatic carbocycles. The molecule has 4 unspecified atom stereocenters. The van der Waals surface area contributed by atoms with E-state index >= 15 is 0 Å². The molecule has 2 aliphatic rings. The second-order valence-corrected chi connectivity index (χ2v) is 5.03. The molecule has 0 amide bonds. The molecule has 2 aliphatic heterocycles. The largest absolute Gasteiger partial charge is 0.390 e. The van der Waals surface area contributed by atoms with Crippen LogP contribution in [0.2, 0.25) is 0 Å². The summed E-state index contributed by atoms with van der Waals surface area (Å²) in [6.07, 6.45) is -1.63. The predicted molar refractivity (Wildman–Crippen MR) is 68.3 cm³/mol. The van der Waals surface area contributed by atoms with Crippen molar-refractivity contribution < 1.29 is 19.3 Å². The SMILES string of the molecule is NCC1COC2COC(c3ccccc3)O[C@@H]2C1O. The average Bonchev–Trinajstić information content (AvgIpc) is 2.48. The van der Waals surface area contributed by atoms with Gasteiger partial charge in [0, 0.05) is 11.5 Å². The molecule has 3 N–H and O–H groups in total. The number of fused-ring (bicyclic) bond motifs is 1. The molecule has 0 radical (unpaired) electrons. The molecule has 3 rings (SSSR count).